The molecule has 3 atom stereocenters. The third-order valence-corrected chi connectivity index (χ3v) is 12.1. The number of piperidine rings is 3. The maximum Gasteiger partial charge on any atom is 0.387 e. The van der Waals surface area contributed by atoms with Gasteiger partial charge >= 0.3 is 18.6 Å². The number of carbonyl (C=O) groups excluding carboxylic acids is 1. The number of esters is 1. The number of halogens is 4. The second-order valence-electron chi connectivity index (χ2n) is 14.0. The highest BCUT2D eigenvalue weighted by Crippen LogP contribution is 2.42. The van der Waals surface area contributed by atoms with Crippen molar-refractivity contribution in [3.8, 4) is 11.5 Å². The standard InChI is InChI=1S/C39H39Cl2F2N3O7S/c40-30-18-46(50)19-31(41)29(30)16-27(25-8-9-32(53-39(42)43)33(14-25)51-21-22-6-7-22)28-15-26(54-36(28)37(47)48)17-44-35(24-4-2-1-3-5-24)38(49)52-34-20-45-12-10-23(34)11-13-45/h1-5,8-9,14-15,18-19,22-23,27,34-35,39,44H,6-7,10-13,16-17,20-21H2,(H-,47,48,50)/p+1/t27-,34-,35?/m0/s1. The highest BCUT2D eigenvalue weighted by atomic mass is 35.5. The Kier molecular flexibility index (Phi) is 11.9. The third kappa shape index (κ3) is 9.09. The van der Waals surface area contributed by atoms with Crippen molar-refractivity contribution in [2.75, 3.05) is 26.2 Å². The van der Waals surface area contributed by atoms with E-state index in [2.05, 4.69) is 10.2 Å². The Bertz CT molecular complexity index is 1950. The Hall–Kier alpha value is -4.01. The summed E-state index contributed by atoms with van der Waals surface area (Å²) < 4.78 is 44.4. The first-order valence-corrected chi connectivity index (χ1v) is 19.5. The van der Waals surface area contributed by atoms with Crippen LogP contribution >= 0.6 is 34.5 Å². The number of carboxylic acids is 1. The van der Waals surface area contributed by atoms with Crippen molar-refractivity contribution < 1.29 is 47.6 Å². The molecule has 5 heterocycles. The van der Waals surface area contributed by atoms with Crippen LogP contribution in [0.25, 0.3) is 0 Å². The molecule has 4 fully saturated rings. The first-order valence-electron chi connectivity index (χ1n) is 17.9. The van der Waals surface area contributed by atoms with Crippen LogP contribution in [0.3, 0.4) is 0 Å². The Morgan fingerprint density at radius 3 is 2.33 bits per heavy atom. The van der Waals surface area contributed by atoms with Crippen molar-refractivity contribution in [3.63, 3.8) is 0 Å². The van der Waals surface area contributed by atoms with Crippen LogP contribution in [-0.4, -0.2) is 66.1 Å². The average Bonchev–Trinajstić information content (AvgIpc) is 3.88. The fourth-order valence-electron chi connectivity index (χ4n) is 7.30. The van der Waals surface area contributed by atoms with Gasteiger partial charge in [0.1, 0.15) is 27.1 Å². The van der Waals surface area contributed by atoms with E-state index in [1.54, 1.807) is 18.2 Å². The van der Waals surface area contributed by atoms with Gasteiger partial charge in [0.2, 0.25) is 12.4 Å². The molecule has 4 aliphatic rings. The van der Waals surface area contributed by atoms with Gasteiger partial charge in [0, 0.05) is 34.2 Å². The second-order valence-corrected chi connectivity index (χ2v) is 16.0. The topological polar surface area (TPSA) is 121 Å². The summed E-state index contributed by atoms with van der Waals surface area (Å²) >= 11 is 14.2. The van der Waals surface area contributed by atoms with E-state index in [-0.39, 0.29) is 45.5 Å². The van der Waals surface area contributed by atoms with Crippen LogP contribution in [0.15, 0.2) is 67.0 Å². The zero-order valence-electron chi connectivity index (χ0n) is 29.1. The summed E-state index contributed by atoms with van der Waals surface area (Å²) in [6.07, 6.45) is 6.36. The lowest BCUT2D eigenvalue weighted by atomic mass is 9.85. The first-order chi connectivity index (χ1) is 26.0. The van der Waals surface area contributed by atoms with Crippen LogP contribution in [-0.2, 0) is 22.5 Å². The molecule has 1 unspecified atom stereocenters. The summed E-state index contributed by atoms with van der Waals surface area (Å²) in [7, 11) is 0. The van der Waals surface area contributed by atoms with Gasteiger partial charge in [0.25, 0.3) is 0 Å². The van der Waals surface area contributed by atoms with Gasteiger partial charge in [0.05, 0.1) is 6.61 Å². The zero-order valence-corrected chi connectivity index (χ0v) is 31.5. The second kappa shape index (κ2) is 16.8. The maximum atomic E-state index is 13.8. The predicted molar refractivity (Wildman–Crippen MR) is 197 cm³/mol. The number of alkyl halides is 2. The summed E-state index contributed by atoms with van der Waals surface area (Å²) in [5.41, 5.74) is 2.11. The van der Waals surface area contributed by atoms with Gasteiger partial charge in [0.15, 0.2) is 11.5 Å². The lowest BCUT2D eigenvalue weighted by molar-refractivity contribution is -0.904. The number of pyridine rings is 1. The normalized spacial score (nSPS) is 20.4. The maximum absolute atomic E-state index is 13.8. The summed E-state index contributed by atoms with van der Waals surface area (Å²) in [5, 5.41) is 24.2. The van der Waals surface area contributed by atoms with E-state index in [4.69, 9.17) is 37.4 Å². The highest BCUT2D eigenvalue weighted by molar-refractivity contribution is 7.14. The summed E-state index contributed by atoms with van der Waals surface area (Å²) in [6.45, 7) is 0.116. The van der Waals surface area contributed by atoms with Crippen LogP contribution in [0.4, 0.5) is 8.78 Å². The molecular formula is C39H40Cl2F2N3O7S+. The molecule has 8 rings (SSSR count). The minimum absolute atomic E-state index is 0.0386. The zero-order chi connectivity index (χ0) is 37.9. The molecule has 286 valence electrons. The summed E-state index contributed by atoms with van der Waals surface area (Å²) in [4.78, 5) is 29.7. The molecule has 10 nitrogen and oxygen atoms in total. The quantitative estimate of drug-likeness (QED) is 0.0601. The highest BCUT2D eigenvalue weighted by Gasteiger charge is 2.38. The molecule has 0 spiro atoms. The van der Waals surface area contributed by atoms with E-state index < -0.39 is 30.5 Å². The van der Waals surface area contributed by atoms with Crippen LogP contribution in [0, 0.1) is 11.8 Å². The fourth-order valence-corrected chi connectivity index (χ4v) is 8.92. The number of aromatic carboxylic acids is 1. The largest absolute Gasteiger partial charge is 0.489 e. The van der Waals surface area contributed by atoms with Crippen LogP contribution in [0.1, 0.15) is 74.4 Å². The van der Waals surface area contributed by atoms with Crippen molar-refractivity contribution in [3.05, 3.63) is 109 Å². The van der Waals surface area contributed by atoms with Gasteiger partial charge in [-0.1, -0.05) is 59.6 Å². The number of thiophene rings is 1. The van der Waals surface area contributed by atoms with Gasteiger partial charge < -0.3 is 19.3 Å². The number of fused-ring (bicyclic) bond motifs is 3. The van der Waals surface area contributed by atoms with E-state index in [0.717, 1.165) is 60.4 Å². The fraction of sp³-hybridized carbons (Fsp3) is 0.410. The van der Waals surface area contributed by atoms with Gasteiger partial charge in [-0.05, 0) is 91.9 Å². The molecule has 0 radical (unpaired) electrons. The number of benzene rings is 2. The number of carboxylic acid groups (broad SMARTS) is 1. The Morgan fingerprint density at radius 1 is 0.981 bits per heavy atom. The lowest BCUT2D eigenvalue weighted by Crippen LogP contribution is -2.52. The molecular weight excluding hydrogens is 763 g/mol. The van der Waals surface area contributed by atoms with Crippen LogP contribution in [0.2, 0.25) is 10.0 Å². The molecule has 3 N–H and O–H groups in total. The van der Waals surface area contributed by atoms with E-state index in [1.165, 1.54) is 18.5 Å². The molecule has 3 saturated heterocycles. The Balaban J connectivity index is 1.22. The number of hydrogen-bond acceptors (Lipinski definition) is 9. The van der Waals surface area contributed by atoms with E-state index in [0.29, 0.717) is 46.6 Å². The van der Waals surface area contributed by atoms with Gasteiger partial charge in [-0.3, -0.25) is 15.4 Å². The van der Waals surface area contributed by atoms with Crippen molar-refractivity contribution in [1.29, 1.82) is 0 Å². The SMILES string of the molecule is O=C(O)c1sc(CNC(C(=O)O[C@H]2CN3CCC2CC3)c2ccccc2)cc1[C@@H](Cc1c(Cl)c[n+](O)cc1Cl)c1ccc(OC(F)F)c(OCC2CC2)c1. The third-order valence-electron chi connectivity index (χ3n) is 10.3. The van der Waals surface area contributed by atoms with E-state index >= 15 is 0 Å². The summed E-state index contributed by atoms with van der Waals surface area (Å²) in [5.74, 6) is -1.69. The molecule has 0 amide bonds. The van der Waals surface area contributed by atoms with Crippen LogP contribution < -0.4 is 19.5 Å². The van der Waals surface area contributed by atoms with Crippen LogP contribution in [0.5, 0.6) is 11.5 Å². The minimum atomic E-state index is -3.08. The summed E-state index contributed by atoms with van der Waals surface area (Å²) in [6, 6.07) is 14.8. The molecule has 1 aliphatic carbocycles. The first kappa shape index (κ1) is 38.3. The number of nitrogens with zero attached hydrogens (tertiary/aromatic N) is 2. The smallest absolute Gasteiger partial charge is 0.387 e. The average molecular weight is 804 g/mol. The molecule has 4 aromatic rings. The minimum Gasteiger partial charge on any atom is -0.489 e. The monoisotopic (exact) mass is 802 g/mol. The van der Waals surface area contributed by atoms with E-state index in [9.17, 15) is 28.7 Å². The van der Waals surface area contributed by atoms with Crippen molar-refractivity contribution in [2.24, 2.45) is 11.8 Å². The Morgan fingerprint density at radius 2 is 1.70 bits per heavy atom. The van der Waals surface area contributed by atoms with Crippen molar-refractivity contribution in [2.45, 2.75) is 63.3 Å². The predicted octanol–water partition coefficient (Wildman–Crippen LogP) is 7.51. The Labute approximate surface area is 325 Å². The number of hydrogen-bond donors (Lipinski definition) is 3. The number of nitrogens with one attached hydrogen (secondary N) is 1. The lowest BCUT2D eigenvalue weighted by Gasteiger charge is -2.44. The molecule has 2 aromatic heterocycles. The molecule has 54 heavy (non-hydrogen) atoms. The van der Waals surface area contributed by atoms with Crippen molar-refractivity contribution >= 4 is 46.5 Å². The molecule has 1 saturated carbocycles. The van der Waals surface area contributed by atoms with Gasteiger partial charge in [-0.2, -0.15) is 8.78 Å². The van der Waals surface area contributed by atoms with Gasteiger partial charge in [-0.25, -0.2) is 9.59 Å². The number of rotatable bonds is 16. The number of carbonyl (C=O) groups is 2. The number of ether oxygens (including phenoxy) is 3. The number of aromatic nitrogens is 1. The molecule has 2 bridgehead atoms. The van der Waals surface area contributed by atoms with Gasteiger partial charge in [-0.15, -0.1) is 11.3 Å². The van der Waals surface area contributed by atoms with Crippen molar-refractivity contribution in [1.82, 2.24) is 10.2 Å². The van der Waals surface area contributed by atoms with E-state index in [1.807, 2.05) is 30.3 Å². The molecule has 2 aromatic carbocycles. The molecule has 15 heteroatoms. The molecule has 3 aliphatic heterocycles.